The van der Waals surface area contributed by atoms with Gasteiger partial charge in [0.1, 0.15) is 0 Å². The average Bonchev–Trinajstić information content (AvgIpc) is 2.37. The maximum Gasteiger partial charge on any atom is 0.0602 e. The van der Waals surface area contributed by atoms with Crippen molar-refractivity contribution in [2.75, 3.05) is 24.6 Å². The zero-order chi connectivity index (χ0) is 14.0. The van der Waals surface area contributed by atoms with Crippen molar-refractivity contribution in [1.29, 1.82) is 0 Å². The molecule has 0 aromatic heterocycles. The third-order valence-electron chi connectivity index (χ3n) is 3.88. The number of hydrogen-bond acceptors (Lipinski definition) is 3. The molecule has 106 valence electrons. The van der Waals surface area contributed by atoms with Crippen LogP contribution in [-0.4, -0.2) is 36.9 Å². The number of anilines is 1. The van der Waals surface area contributed by atoms with E-state index < -0.39 is 0 Å². The molecule has 0 bridgehead atoms. The van der Waals surface area contributed by atoms with Crippen LogP contribution in [0.15, 0.2) is 18.2 Å². The second kappa shape index (κ2) is 5.93. The first-order valence-electron chi connectivity index (χ1n) is 7.24. The fourth-order valence-electron chi connectivity index (χ4n) is 3.05. The Balaban J connectivity index is 2.35. The molecule has 3 nitrogen and oxygen atoms in total. The molecule has 1 saturated heterocycles. The van der Waals surface area contributed by atoms with Crippen molar-refractivity contribution in [1.82, 2.24) is 5.32 Å². The number of hydrogen-bond donors (Lipinski definition) is 2. The van der Waals surface area contributed by atoms with Crippen molar-refractivity contribution in [3.05, 3.63) is 29.3 Å². The summed E-state index contributed by atoms with van der Waals surface area (Å²) < 4.78 is 0. The van der Waals surface area contributed by atoms with Gasteiger partial charge >= 0.3 is 0 Å². The van der Waals surface area contributed by atoms with E-state index in [1.54, 1.807) is 0 Å². The Morgan fingerprint density at radius 2 is 2.11 bits per heavy atom. The smallest absolute Gasteiger partial charge is 0.0602 e. The fourth-order valence-corrected chi connectivity index (χ4v) is 3.05. The normalized spacial score (nSPS) is 24.0. The van der Waals surface area contributed by atoms with Crippen LogP contribution < -0.4 is 10.2 Å². The van der Waals surface area contributed by atoms with Crippen LogP contribution in [0.4, 0.5) is 5.69 Å². The van der Waals surface area contributed by atoms with Crippen molar-refractivity contribution >= 4 is 5.69 Å². The second-order valence-corrected chi connectivity index (χ2v) is 6.02. The summed E-state index contributed by atoms with van der Waals surface area (Å²) in [4.78, 5) is 2.44. The fraction of sp³-hybridized carbons (Fsp3) is 0.625. The van der Waals surface area contributed by atoms with Crippen LogP contribution in [0.5, 0.6) is 0 Å². The van der Waals surface area contributed by atoms with Gasteiger partial charge in [0.15, 0.2) is 0 Å². The zero-order valence-electron chi connectivity index (χ0n) is 12.5. The molecule has 0 radical (unpaired) electrons. The summed E-state index contributed by atoms with van der Waals surface area (Å²) in [5.41, 5.74) is 4.10. The van der Waals surface area contributed by atoms with Gasteiger partial charge in [-0.3, -0.25) is 0 Å². The third-order valence-corrected chi connectivity index (χ3v) is 3.88. The van der Waals surface area contributed by atoms with Crippen LogP contribution in [0.25, 0.3) is 0 Å². The molecule has 2 N–H and O–H groups in total. The number of para-hydroxylation sites is 1. The van der Waals surface area contributed by atoms with E-state index in [0.717, 1.165) is 13.1 Å². The molecule has 0 spiro atoms. The van der Waals surface area contributed by atoms with E-state index in [1.807, 2.05) is 0 Å². The van der Waals surface area contributed by atoms with Crippen LogP contribution in [0.3, 0.4) is 0 Å². The molecular weight excluding hydrogens is 236 g/mol. The van der Waals surface area contributed by atoms with E-state index in [0.29, 0.717) is 12.0 Å². The van der Waals surface area contributed by atoms with Gasteiger partial charge < -0.3 is 15.3 Å². The van der Waals surface area contributed by atoms with E-state index in [2.05, 4.69) is 56.1 Å². The highest BCUT2D eigenvalue weighted by Crippen LogP contribution is 2.31. The van der Waals surface area contributed by atoms with Gasteiger partial charge in [0.2, 0.25) is 0 Å². The van der Waals surface area contributed by atoms with Gasteiger partial charge in [0, 0.05) is 30.9 Å². The first-order valence-corrected chi connectivity index (χ1v) is 7.24. The summed E-state index contributed by atoms with van der Waals surface area (Å²) in [5.74, 6) is 0.521. The van der Waals surface area contributed by atoms with Crippen LogP contribution in [0.1, 0.15) is 37.8 Å². The van der Waals surface area contributed by atoms with E-state index in [1.165, 1.54) is 16.8 Å². The number of aliphatic hydroxyl groups is 1. The zero-order valence-corrected chi connectivity index (χ0v) is 12.5. The van der Waals surface area contributed by atoms with Crippen molar-refractivity contribution in [2.24, 2.45) is 0 Å². The second-order valence-electron chi connectivity index (χ2n) is 6.02. The molecule has 1 aromatic rings. The molecular formula is C16H26N2O. The molecule has 1 heterocycles. The van der Waals surface area contributed by atoms with Gasteiger partial charge in [-0.05, 0) is 30.9 Å². The lowest BCUT2D eigenvalue weighted by Crippen LogP contribution is -2.57. The number of aryl methyl sites for hydroxylation is 1. The van der Waals surface area contributed by atoms with Gasteiger partial charge in [-0.2, -0.15) is 0 Å². The van der Waals surface area contributed by atoms with Crippen molar-refractivity contribution in [2.45, 2.75) is 45.7 Å². The van der Waals surface area contributed by atoms with E-state index >= 15 is 0 Å². The number of nitrogens with one attached hydrogen (secondary N) is 1. The Labute approximate surface area is 116 Å². The summed E-state index contributed by atoms with van der Waals surface area (Å²) >= 11 is 0. The molecule has 2 rings (SSSR count). The van der Waals surface area contributed by atoms with Crippen LogP contribution in [0.2, 0.25) is 0 Å². The first-order chi connectivity index (χ1) is 9.02. The Kier molecular flexibility index (Phi) is 4.48. The molecule has 1 aromatic carbocycles. The highest BCUT2D eigenvalue weighted by atomic mass is 16.3. The van der Waals surface area contributed by atoms with E-state index in [9.17, 15) is 5.11 Å². The van der Waals surface area contributed by atoms with E-state index in [4.69, 9.17) is 0 Å². The predicted octanol–water partition coefficient (Wildman–Crippen LogP) is 2.28. The number of benzene rings is 1. The molecule has 0 aliphatic carbocycles. The average molecular weight is 262 g/mol. The highest BCUT2D eigenvalue weighted by molar-refractivity contribution is 5.61. The van der Waals surface area contributed by atoms with Crippen LogP contribution in [0, 0.1) is 6.92 Å². The summed E-state index contributed by atoms with van der Waals surface area (Å²) in [6, 6.07) is 7.13. The van der Waals surface area contributed by atoms with Gasteiger partial charge in [0.25, 0.3) is 0 Å². The molecule has 1 fully saturated rings. The minimum absolute atomic E-state index is 0.170. The maximum atomic E-state index is 9.43. The molecule has 0 amide bonds. The molecule has 19 heavy (non-hydrogen) atoms. The minimum atomic E-state index is 0.170. The van der Waals surface area contributed by atoms with Gasteiger partial charge in [-0.25, -0.2) is 0 Å². The maximum absolute atomic E-state index is 9.43. The topological polar surface area (TPSA) is 35.5 Å². The Hall–Kier alpha value is -1.06. The third kappa shape index (κ3) is 3.10. The molecule has 1 aliphatic heterocycles. The molecule has 2 unspecified atom stereocenters. The summed E-state index contributed by atoms with van der Waals surface area (Å²) in [5, 5.41) is 12.9. The largest absolute Gasteiger partial charge is 0.395 e. The summed E-state index contributed by atoms with van der Waals surface area (Å²) in [6.45, 7) is 10.9. The number of nitrogens with zero attached hydrogens (tertiary/aromatic N) is 1. The Bertz CT molecular complexity index is 431. The monoisotopic (exact) mass is 262 g/mol. The highest BCUT2D eigenvalue weighted by Gasteiger charge is 2.26. The quantitative estimate of drug-likeness (QED) is 0.877. The Morgan fingerprint density at radius 1 is 1.37 bits per heavy atom. The lowest BCUT2D eigenvalue weighted by atomic mass is 9.96. The van der Waals surface area contributed by atoms with Gasteiger partial charge in [-0.1, -0.05) is 32.0 Å². The minimum Gasteiger partial charge on any atom is -0.395 e. The van der Waals surface area contributed by atoms with E-state index in [-0.39, 0.29) is 12.6 Å². The number of piperazine rings is 1. The molecule has 2 atom stereocenters. The first kappa shape index (κ1) is 14.4. The lowest BCUT2D eigenvalue weighted by Gasteiger charge is -2.40. The van der Waals surface area contributed by atoms with Crippen molar-refractivity contribution in [3.63, 3.8) is 0 Å². The Morgan fingerprint density at radius 3 is 2.74 bits per heavy atom. The molecule has 0 saturated carbocycles. The number of rotatable bonds is 3. The standard InChI is InChI=1S/C16H26N2O/c1-11(2)15-7-5-6-12(3)16(15)18-8-13(4)17-14(9-18)10-19/h5-7,11,13-14,17,19H,8-10H2,1-4H3. The summed E-state index contributed by atoms with van der Waals surface area (Å²) in [6.07, 6.45) is 0. The van der Waals surface area contributed by atoms with Crippen LogP contribution >= 0.6 is 0 Å². The van der Waals surface area contributed by atoms with Gasteiger partial charge in [0.05, 0.1) is 6.61 Å². The van der Waals surface area contributed by atoms with Crippen LogP contribution in [-0.2, 0) is 0 Å². The van der Waals surface area contributed by atoms with Crippen molar-refractivity contribution in [3.8, 4) is 0 Å². The number of aliphatic hydroxyl groups excluding tert-OH is 1. The SMILES string of the molecule is Cc1cccc(C(C)C)c1N1CC(C)NC(CO)C1. The molecule has 1 aliphatic rings. The molecule has 3 heteroatoms. The lowest BCUT2D eigenvalue weighted by molar-refractivity contribution is 0.221. The predicted molar refractivity (Wildman–Crippen MR) is 81.0 cm³/mol. The van der Waals surface area contributed by atoms with Gasteiger partial charge in [-0.15, -0.1) is 0 Å². The van der Waals surface area contributed by atoms with Crippen molar-refractivity contribution < 1.29 is 5.11 Å². The summed E-state index contributed by atoms with van der Waals surface area (Å²) in [7, 11) is 0.